The molecular formula is C18H34N6O4S. The van der Waals surface area contributed by atoms with Crippen LogP contribution in [0.1, 0.15) is 55.4 Å². The van der Waals surface area contributed by atoms with Crippen LogP contribution in [0.25, 0.3) is 0 Å². The van der Waals surface area contributed by atoms with Crippen LogP contribution in [-0.2, 0) is 10.2 Å². The second-order valence-electron chi connectivity index (χ2n) is 7.94. The van der Waals surface area contributed by atoms with Crippen LogP contribution >= 0.6 is 0 Å². The molecule has 29 heavy (non-hydrogen) atoms. The molecule has 0 amide bonds. The van der Waals surface area contributed by atoms with Crippen molar-refractivity contribution in [3.8, 4) is 0 Å². The quantitative estimate of drug-likeness (QED) is 0.520. The summed E-state index contributed by atoms with van der Waals surface area (Å²) in [5.41, 5.74) is -0.624. The van der Waals surface area contributed by atoms with Crippen LogP contribution in [0.2, 0.25) is 0 Å². The fraction of sp³-hybridized carbons (Fsp3) is 0.667. The third-order valence-electron chi connectivity index (χ3n) is 3.02. The third-order valence-corrected chi connectivity index (χ3v) is 3.94. The number of aliphatic imine (C=N–C) groups is 2. The molecule has 0 spiro atoms. The lowest BCUT2D eigenvalue weighted by Gasteiger charge is -2.24. The van der Waals surface area contributed by atoms with Crippen LogP contribution < -0.4 is 30.9 Å². The lowest BCUT2D eigenvalue weighted by molar-refractivity contribution is 0.581. The Balaban J connectivity index is 0.000000499. The SMILES string of the molecule is CC.CN=C1NS(=O)(=O)NC1=NC(C)(C)C.CNc1c(NC(C)(C)C)c(=O)c1=O. The van der Waals surface area contributed by atoms with Gasteiger partial charge in [0.15, 0.2) is 11.7 Å². The van der Waals surface area contributed by atoms with E-state index in [4.69, 9.17) is 0 Å². The Morgan fingerprint density at radius 2 is 1.31 bits per heavy atom. The molecule has 1 saturated heterocycles. The third kappa shape index (κ3) is 8.22. The molecule has 1 aliphatic rings. The molecule has 1 aromatic rings. The minimum absolute atomic E-state index is 0.201. The monoisotopic (exact) mass is 430 g/mol. The molecular weight excluding hydrogens is 396 g/mol. The van der Waals surface area contributed by atoms with E-state index in [2.05, 4.69) is 30.1 Å². The minimum atomic E-state index is -3.49. The van der Waals surface area contributed by atoms with Crippen molar-refractivity contribution in [1.82, 2.24) is 9.44 Å². The average molecular weight is 431 g/mol. The van der Waals surface area contributed by atoms with Gasteiger partial charge in [-0.25, -0.2) is 9.44 Å². The van der Waals surface area contributed by atoms with E-state index in [0.29, 0.717) is 11.4 Å². The molecule has 0 saturated carbocycles. The number of rotatable bonds is 2. The zero-order chi connectivity index (χ0) is 23.2. The van der Waals surface area contributed by atoms with Crippen LogP contribution in [0.15, 0.2) is 19.6 Å². The van der Waals surface area contributed by atoms with Crippen molar-refractivity contribution in [1.29, 1.82) is 0 Å². The molecule has 0 aromatic heterocycles. The standard InChI is InChI=1S/C9H14N2O2.C7H14N4O2S.C2H6/c1-9(2,3)11-6-5(10-4)7(12)8(6)13;1-7(2,3)9-6-5(8-4)10-14(12,13)11-6;1-2/h10-11H,1-4H3;1-4H3,(H,8,10)(H,9,11);1-2H3. The van der Waals surface area contributed by atoms with E-state index in [1.165, 1.54) is 7.05 Å². The second-order valence-corrected chi connectivity index (χ2v) is 9.36. The zero-order valence-corrected chi connectivity index (χ0v) is 19.8. The molecule has 1 heterocycles. The summed E-state index contributed by atoms with van der Waals surface area (Å²) in [5.74, 6) is 0.514. The van der Waals surface area contributed by atoms with Crippen molar-refractivity contribution < 1.29 is 8.42 Å². The van der Waals surface area contributed by atoms with Gasteiger partial charge in [-0.05, 0) is 41.5 Å². The lowest BCUT2D eigenvalue weighted by atomic mass is 10.1. The number of hydrogen-bond donors (Lipinski definition) is 4. The van der Waals surface area contributed by atoms with Gasteiger partial charge in [0.05, 0.1) is 5.54 Å². The molecule has 1 aliphatic heterocycles. The Labute approximate surface area is 173 Å². The van der Waals surface area contributed by atoms with Gasteiger partial charge in [-0.1, -0.05) is 13.8 Å². The molecule has 2 rings (SSSR count). The first-order chi connectivity index (χ1) is 13.1. The first-order valence-corrected chi connectivity index (χ1v) is 10.8. The molecule has 0 atom stereocenters. The Morgan fingerprint density at radius 1 is 0.862 bits per heavy atom. The van der Waals surface area contributed by atoms with Crippen molar-refractivity contribution in [3.63, 3.8) is 0 Å². The maximum absolute atomic E-state index is 11.1. The van der Waals surface area contributed by atoms with E-state index >= 15 is 0 Å². The summed E-state index contributed by atoms with van der Waals surface area (Å²) in [4.78, 5) is 30.0. The van der Waals surface area contributed by atoms with Crippen LogP contribution in [0.5, 0.6) is 0 Å². The normalized spacial score (nSPS) is 18.1. The largest absolute Gasteiger partial charge is 0.383 e. The van der Waals surface area contributed by atoms with Gasteiger partial charge >= 0.3 is 10.2 Å². The summed E-state index contributed by atoms with van der Waals surface area (Å²) in [6.07, 6.45) is 0. The Bertz CT molecular complexity index is 927. The highest BCUT2D eigenvalue weighted by atomic mass is 32.2. The summed E-state index contributed by atoms with van der Waals surface area (Å²) >= 11 is 0. The van der Waals surface area contributed by atoms with Crippen molar-refractivity contribution in [3.05, 3.63) is 20.4 Å². The second kappa shape index (κ2) is 9.86. The summed E-state index contributed by atoms with van der Waals surface area (Å²) in [6.45, 7) is 15.4. The molecule has 1 aromatic carbocycles. The van der Waals surface area contributed by atoms with Gasteiger partial charge in [0.1, 0.15) is 11.4 Å². The van der Waals surface area contributed by atoms with Crippen molar-refractivity contribution in [2.75, 3.05) is 24.7 Å². The van der Waals surface area contributed by atoms with Crippen LogP contribution in [0, 0.1) is 0 Å². The minimum Gasteiger partial charge on any atom is -0.383 e. The lowest BCUT2D eigenvalue weighted by Crippen LogP contribution is -2.41. The fourth-order valence-electron chi connectivity index (χ4n) is 2.06. The van der Waals surface area contributed by atoms with E-state index in [1.54, 1.807) is 7.05 Å². The number of nitrogens with one attached hydrogen (secondary N) is 4. The zero-order valence-electron chi connectivity index (χ0n) is 18.9. The van der Waals surface area contributed by atoms with Gasteiger partial charge in [-0.3, -0.25) is 19.6 Å². The number of amidine groups is 2. The molecule has 0 radical (unpaired) electrons. The van der Waals surface area contributed by atoms with Gasteiger partial charge in [-0.15, -0.1) is 0 Å². The number of hydrogen-bond acceptors (Lipinski definition) is 8. The predicted octanol–water partition coefficient (Wildman–Crippen LogP) is 1.21. The van der Waals surface area contributed by atoms with E-state index in [9.17, 15) is 18.0 Å². The molecule has 0 unspecified atom stereocenters. The summed E-state index contributed by atoms with van der Waals surface area (Å²) in [5, 5.41) is 5.68. The molecule has 4 N–H and O–H groups in total. The smallest absolute Gasteiger partial charge is 0.324 e. The van der Waals surface area contributed by atoms with Gasteiger partial charge in [0.25, 0.3) is 10.9 Å². The molecule has 166 valence electrons. The van der Waals surface area contributed by atoms with Crippen molar-refractivity contribution >= 4 is 33.3 Å². The van der Waals surface area contributed by atoms with Gasteiger partial charge in [-0.2, -0.15) is 8.42 Å². The van der Waals surface area contributed by atoms with E-state index in [1.807, 2.05) is 55.4 Å². The molecule has 11 heteroatoms. The van der Waals surface area contributed by atoms with Crippen LogP contribution in [0.4, 0.5) is 11.4 Å². The highest BCUT2D eigenvalue weighted by Crippen LogP contribution is 2.18. The summed E-state index contributed by atoms with van der Waals surface area (Å²) in [6, 6.07) is 0. The van der Waals surface area contributed by atoms with Crippen molar-refractivity contribution in [2.24, 2.45) is 9.98 Å². The molecule has 0 bridgehead atoms. The average Bonchev–Trinajstić information content (AvgIpc) is 2.87. The van der Waals surface area contributed by atoms with Crippen LogP contribution in [0.3, 0.4) is 0 Å². The van der Waals surface area contributed by atoms with Gasteiger partial charge in [0, 0.05) is 19.6 Å². The maximum Gasteiger partial charge on any atom is 0.324 e. The van der Waals surface area contributed by atoms with E-state index < -0.39 is 21.1 Å². The molecule has 1 fully saturated rings. The van der Waals surface area contributed by atoms with E-state index in [-0.39, 0.29) is 22.7 Å². The number of anilines is 2. The number of nitrogens with zero attached hydrogens (tertiary/aromatic N) is 2. The topological polar surface area (TPSA) is 141 Å². The fourth-order valence-corrected chi connectivity index (χ4v) is 2.95. The van der Waals surface area contributed by atoms with Gasteiger partial charge in [0.2, 0.25) is 0 Å². The first kappa shape index (κ1) is 26.6. The summed E-state index contributed by atoms with van der Waals surface area (Å²) in [7, 11) is -0.359. The van der Waals surface area contributed by atoms with Crippen molar-refractivity contribution in [2.45, 2.75) is 66.5 Å². The Morgan fingerprint density at radius 3 is 1.69 bits per heavy atom. The molecule has 0 aliphatic carbocycles. The van der Waals surface area contributed by atoms with Gasteiger partial charge < -0.3 is 10.6 Å². The molecule has 10 nitrogen and oxygen atoms in total. The Kier molecular flexibility index (Phi) is 9.03. The maximum atomic E-state index is 11.1. The van der Waals surface area contributed by atoms with Crippen LogP contribution in [-0.4, -0.2) is 45.3 Å². The first-order valence-electron chi connectivity index (χ1n) is 9.27. The highest BCUT2D eigenvalue weighted by molar-refractivity contribution is 7.89. The summed E-state index contributed by atoms with van der Waals surface area (Å²) < 4.78 is 26.7. The van der Waals surface area contributed by atoms with E-state index in [0.717, 1.165) is 0 Å². The highest BCUT2D eigenvalue weighted by Gasteiger charge is 2.29. The Hall–Kier alpha value is -2.43. The predicted molar refractivity (Wildman–Crippen MR) is 121 cm³/mol.